The van der Waals surface area contributed by atoms with Crippen LogP contribution in [0.3, 0.4) is 0 Å². The maximum atomic E-state index is 12.3. The minimum Gasteiger partial charge on any atom is -0.310 e. The largest absolute Gasteiger partial charge is 0.310 e. The number of hydrogen-bond acceptors (Lipinski definition) is 4. The van der Waals surface area contributed by atoms with Gasteiger partial charge in [0.25, 0.3) is 0 Å². The van der Waals surface area contributed by atoms with Crippen LogP contribution >= 0.6 is 35.0 Å². The zero-order valence-electron chi connectivity index (χ0n) is 11.7. The molecule has 0 aliphatic heterocycles. The van der Waals surface area contributed by atoms with Crippen LogP contribution in [0.5, 0.6) is 0 Å². The van der Waals surface area contributed by atoms with Crippen molar-refractivity contribution < 1.29 is 8.42 Å². The maximum absolute atomic E-state index is 12.3. The summed E-state index contributed by atoms with van der Waals surface area (Å²) < 4.78 is 27.1. The van der Waals surface area contributed by atoms with Crippen LogP contribution in [-0.2, 0) is 16.6 Å². The predicted octanol–water partition coefficient (Wildman–Crippen LogP) is 2.89. The normalized spacial score (nSPS) is 15.4. The molecule has 2 N–H and O–H groups in total. The third-order valence-corrected chi connectivity index (χ3v) is 6.00. The fourth-order valence-corrected chi connectivity index (χ4v) is 4.24. The van der Waals surface area contributed by atoms with Crippen LogP contribution in [0.15, 0.2) is 17.0 Å². The standard InChI is InChI=1S/C13H18Cl2N2O2S2/c1-20-5-4-17-21(18,19)12-7-10(14)6-9(13(12)15)8-16-11-2-3-11/h6-7,11,16-17H,2-5,8H2,1H3. The van der Waals surface area contributed by atoms with Gasteiger partial charge in [-0.2, -0.15) is 11.8 Å². The monoisotopic (exact) mass is 368 g/mol. The molecule has 0 unspecified atom stereocenters. The smallest absolute Gasteiger partial charge is 0.242 e. The molecule has 1 aliphatic carbocycles. The summed E-state index contributed by atoms with van der Waals surface area (Å²) in [5.74, 6) is 0.702. The van der Waals surface area contributed by atoms with Crippen molar-refractivity contribution in [3.8, 4) is 0 Å². The number of rotatable bonds is 8. The van der Waals surface area contributed by atoms with E-state index in [0.29, 0.717) is 35.5 Å². The van der Waals surface area contributed by atoms with Crippen molar-refractivity contribution in [3.05, 3.63) is 27.7 Å². The molecule has 8 heteroatoms. The molecule has 0 spiro atoms. The quantitative estimate of drug-likeness (QED) is 0.692. The first-order chi connectivity index (χ1) is 9.94. The lowest BCUT2D eigenvalue weighted by Gasteiger charge is -2.13. The highest BCUT2D eigenvalue weighted by Crippen LogP contribution is 2.30. The van der Waals surface area contributed by atoms with Crippen LogP contribution in [0.1, 0.15) is 18.4 Å². The Morgan fingerprint density at radius 2 is 2.05 bits per heavy atom. The molecule has 1 fully saturated rings. The first-order valence-electron chi connectivity index (χ1n) is 6.64. The Morgan fingerprint density at radius 3 is 2.67 bits per heavy atom. The topological polar surface area (TPSA) is 58.2 Å². The van der Waals surface area contributed by atoms with Crippen LogP contribution in [0, 0.1) is 0 Å². The van der Waals surface area contributed by atoms with E-state index in [1.54, 1.807) is 17.8 Å². The summed E-state index contributed by atoms with van der Waals surface area (Å²) >= 11 is 13.9. The van der Waals surface area contributed by atoms with Crippen molar-refractivity contribution in [1.82, 2.24) is 10.0 Å². The van der Waals surface area contributed by atoms with E-state index < -0.39 is 10.0 Å². The van der Waals surface area contributed by atoms with Gasteiger partial charge in [-0.05, 0) is 36.8 Å². The first-order valence-corrected chi connectivity index (χ1v) is 10.3. The van der Waals surface area contributed by atoms with Gasteiger partial charge in [-0.25, -0.2) is 13.1 Å². The van der Waals surface area contributed by atoms with Gasteiger partial charge in [0.05, 0.1) is 5.02 Å². The van der Waals surface area contributed by atoms with Crippen LogP contribution in [0.2, 0.25) is 10.0 Å². The third-order valence-electron chi connectivity index (χ3n) is 3.13. The van der Waals surface area contributed by atoms with E-state index in [-0.39, 0.29) is 9.92 Å². The average molecular weight is 369 g/mol. The molecule has 118 valence electrons. The number of benzene rings is 1. The molecule has 4 nitrogen and oxygen atoms in total. The van der Waals surface area contributed by atoms with Crippen molar-refractivity contribution in [3.63, 3.8) is 0 Å². The predicted molar refractivity (Wildman–Crippen MR) is 89.9 cm³/mol. The molecular weight excluding hydrogens is 351 g/mol. The van der Waals surface area contributed by atoms with Gasteiger partial charge in [0, 0.05) is 29.9 Å². The molecule has 1 aromatic rings. The highest BCUT2D eigenvalue weighted by Gasteiger charge is 2.23. The van der Waals surface area contributed by atoms with Gasteiger partial charge in [0.2, 0.25) is 10.0 Å². The van der Waals surface area contributed by atoms with Gasteiger partial charge in [-0.3, -0.25) is 0 Å². The van der Waals surface area contributed by atoms with E-state index in [2.05, 4.69) is 10.0 Å². The Morgan fingerprint density at radius 1 is 1.33 bits per heavy atom. The van der Waals surface area contributed by atoms with Gasteiger partial charge < -0.3 is 5.32 Å². The molecule has 1 aromatic carbocycles. The first kappa shape index (κ1) is 17.4. The van der Waals surface area contributed by atoms with Gasteiger partial charge in [0.1, 0.15) is 4.90 Å². The van der Waals surface area contributed by atoms with E-state index in [1.165, 1.54) is 6.07 Å². The molecule has 0 saturated heterocycles. The number of halogens is 2. The number of hydrogen-bond donors (Lipinski definition) is 2. The molecule has 0 bridgehead atoms. The SMILES string of the molecule is CSCCNS(=O)(=O)c1cc(Cl)cc(CNC2CC2)c1Cl. The third kappa shape index (κ3) is 5.01. The van der Waals surface area contributed by atoms with E-state index in [4.69, 9.17) is 23.2 Å². The lowest BCUT2D eigenvalue weighted by atomic mass is 10.2. The minimum absolute atomic E-state index is 0.0466. The fourth-order valence-electron chi connectivity index (χ4n) is 1.84. The Hall–Kier alpha value is 0.0200. The summed E-state index contributed by atoms with van der Waals surface area (Å²) in [5.41, 5.74) is 0.710. The summed E-state index contributed by atoms with van der Waals surface area (Å²) in [6.45, 7) is 0.888. The van der Waals surface area contributed by atoms with Crippen molar-refractivity contribution in [2.24, 2.45) is 0 Å². The molecule has 1 aliphatic rings. The van der Waals surface area contributed by atoms with Crippen LogP contribution < -0.4 is 10.0 Å². The summed E-state index contributed by atoms with van der Waals surface area (Å²) in [6, 6.07) is 3.62. The average Bonchev–Trinajstić information content (AvgIpc) is 3.23. The summed E-state index contributed by atoms with van der Waals surface area (Å²) in [7, 11) is -3.64. The molecular formula is C13H18Cl2N2O2S2. The Bertz CT molecular complexity index is 604. The van der Waals surface area contributed by atoms with Gasteiger partial charge in [0.15, 0.2) is 0 Å². The Labute approximate surface area is 140 Å². The molecule has 1 saturated carbocycles. The van der Waals surface area contributed by atoms with Crippen molar-refractivity contribution in [2.45, 2.75) is 30.3 Å². The Balaban J connectivity index is 2.20. The second kappa shape index (κ2) is 7.53. The van der Waals surface area contributed by atoms with Crippen LogP contribution in [0.25, 0.3) is 0 Å². The fraction of sp³-hybridized carbons (Fsp3) is 0.538. The van der Waals surface area contributed by atoms with E-state index >= 15 is 0 Å². The van der Waals surface area contributed by atoms with Gasteiger partial charge in [-0.1, -0.05) is 23.2 Å². The van der Waals surface area contributed by atoms with Crippen molar-refractivity contribution in [1.29, 1.82) is 0 Å². The van der Waals surface area contributed by atoms with Crippen LogP contribution in [-0.4, -0.2) is 33.0 Å². The molecule has 2 rings (SSSR count). The zero-order valence-corrected chi connectivity index (χ0v) is 14.8. The second-order valence-electron chi connectivity index (χ2n) is 4.92. The summed E-state index contributed by atoms with van der Waals surface area (Å²) in [4.78, 5) is 0.0466. The lowest BCUT2D eigenvalue weighted by molar-refractivity contribution is 0.584. The van der Waals surface area contributed by atoms with E-state index in [1.807, 2.05) is 6.26 Å². The van der Waals surface area contributed by atoms with Crippen molar-refractivity contribution >= 4 is 45.0 Å². The molecule has 0 aromatic heterocycles. The molecule has 0 radical (unpaired) electrons. The zero-order chi connectivity index (χ0) is 15.5. The molecule has 21 heavy (non-hydrogen) atoms. The summed E-state index contributed by atoms with van der Waals surface area (Å²) in [6.07, 6.45) is 4.22. The number of nitrogens with one attached hydrogen (secondary N) is 2. The van der Waals surface area contributed by atoms with E-state index in [0.717, 1.165) is 12.8 Å². The number of sulfonamides is 1. The molecule has 0 amide bonds. The maximum Gasteiger partial charge on any atom is 0.242 e. The minimum atomic E-state index is -3.64. The van der Waals surface area contributed by atoms with Crippen LogP contribution in [0.4, 0.5) is 0 Å². The Kier molecular flexibility index (Phi) is 6.23. The molecule has 0 heterocycles. The van der Waals surface area contributed by atoms with E-state index in [9.17, 15) is 8.42 Å². The molecule has 0 atom stereocenters. The van der Waals surface area contributed by atoms with Gasteiger partial charge >= 0.3 is 0 Å². The van der Waals surface area contributed by atoms with Crippen molar-refractivity contribution in [2.75, 3.05) is 18.6 Å². The highest BCUT2D eigenvalue weighted by molar-refractivity contribution is 7.98. The lowest BCUT2D eigenvalue weighted by Crippen LogP contribution is -2.26. The highest BCUT2D eigenvalue weighted by atomic mass is 35.5. The number of thioether (sulfide) groups is 1. The van der Waals surface area contributed by atoms with Gasteiger partial charge in [-0.15, -0.1) is 0 Å². The second-order valence-corrected chi connectivity index (χ2v) is 8.46. The summed E-state index contributed by atoms with van der Waals surface area (Å²) in [5, 5.41) is 3.92.